The molecule has 0 aliphatic rings. The molecule has 0 N–H and O–H groups in total. The molecule has 2 rings (SSSR count). The molecule has 0 bridgehead atoms. The quantitative estimate of drug-likeness (QED) is 0.692. The van der Waals surface area contributed by atoms with Crippen LogP contribution in [0.5, 0.6) is 0 Å². The second-order valence-corrected chi connectivity index (χ2v) is 5.23. The van der Waals surface area contributed by atoms with Gasteiger partial charge in [-0.3, -0.25) is 0 Å². The summed E-state index contributed by atoms with van der Waals surface area (Å²) in [6.45, 7) is 3.42. The average molecular weight is 286 g/mol. The summed E-state index contributed by atoms with van der Waals surface area (Å²) in [5.41, 5.74) is 1.12. The largest absolute Gasteiger partial charge is 0.207 e. The van der Waals surface area contributed by atoms with E-state index in [9.17, 15) is 4.39 Å². The highest BCUT2D eigenvalue weighted by atomic mass is 79.9. The van der Waals surface area contributed by atoms with Gasteiger partial charge in [-0.2, -0.15) is 5.26 Å². The molecule has 0 amide bonds. The summed E-state index contributed by atoms with van der Waals surface area (Å²) in [6.07, 6.45) is 0. The number of aryl methyl sites for hydroxylation is 1. The Balaban J connectivity index is 0.000000337. The zero-order valence-corrected chi connectivity index (χ0v) is 10.7. The molecule has 1 nitrogen and oxygen atoms in total. The molecule has 4 heteroatoms. The molecule has 2 aromatic rings. The molecule has 0 atom stereocenters. The molecular weight excluding hydrogens is 277 g/mol. The Morgan fingerprint density at radius 1 is 1.47 bits per heavy atom. The lowest BCUT2D eigenvalue weighted by molar-refractivity contribution is 0.630. The third-order valence-electron chi connectivity index (χ3n) is 1.84. The summed E-state index contributed by atoms with van der Waals surface area (Å²) in [5, 5.41) is 8.33. The molecule has 15 heavy (non-hydrogen) atoms. The molecule has 0 unspecified atom stereocenters. The van der Waals surface area contributed by atoms with Crippen molar-refractivity contribution in [1.82, 2.24) is 0 Å². The van der Waals surface area contributed by atoms with E-state index in [2.05, 4.69) is 15.9 Å². The van der Waals surface area contributed by atoms with Crippen LogP contribution < -0.4 is 0 Å². The molecule has 1 aromatic carbocycles. The van der Waals surface area contributed by atoms with Gasteiger partial charge in [0.2, 0.25) is 0 Å². The van der Waals surface area contributed by atoms with Gasteiger partial charge in [-0.05, 0) is 52.0 Å². The lowest BCUT2D eigenvalue weighted by Gasteiger charge is -1.90. The number of hydrogen-bond acceptors (Lipinski definition) is 2. The van der Waals surface area contributed by atoms with E-state index in [1.807, 2.05) is 13.0 Å². The van der Waals surface area contributed by atoms with Crippen LogP contribution in [0.15, 0.2) is 22.0 Å². The van der Waals surface area contributed by atoms with E-state index < -0.39 is 0 Å². The summed E-state index contributed by atoms with van der Waals surface area (Å²) in [6, 6.07) is 6.63. The lowest BCUT2D eigenvalue weighted by atomic mass is 10.2. The van der Waals surface area contributed by atoms with Crippen molar-refractivity contribution in [2.45, 2.75) is 13.8 Å². The standard InChI is InChI=1S/C9H6BrFS.C2H3N/c1-5-7-4-6(11)2-3-8(7)12-9(5)10;1-2-3/h2-4H,1H3;1H3. The van der Waals surface area contributed by atoms with Crippen molar-refractivity contribution in [3.05, 3.63) is 33.4 Å². The van der Waals surface area contributed by atoms with Crippen LogP contribution in [0.2, 0.25) is 0 Å². The van der Waals surface area contributed by atoms with Crippen molar-refractivity contribution < 1.29 is 4.39 Å². The third-order valence-corrected chi connectivity index (χ3v) is 3.98. The lowest BCUT2D eigenvalue weighted by Crippen LogP contribution is -1.72. The summed E-state index contributed by atoms with van der Waals surface area (Å²) >= 11 is 5.07. The molecule has 1 heterocycles. The number of benzene rings is 1. The van der Waals surface area contributed by atoms with Crippen molar-refractivity contribution in [2.24, 2.45) is 0 Å². The Hall–Kier alpha value is -0.920. The fourth-order valence-corrected chi connectivity index (χ4v) is 2.81. The van der Waals surface area contributed by atoms with Crippen LogP contribution in [0.3, 0.4) is 0 Å². The van der Waals surface area contributed by atoms with Gasteiger partial charge in [0.25, 0.3) is 0 Å². The molecule has 0 saturated carbocycles. The third kappa shape index (κ3) is 2.77. The van der Waals surface area contributed by atoms with Crippen LogP contribution in [0.4, 0.5) is 4.39 Å². The Morgan fingerprint density at radius 3 is 2.67 bits per heavy atom. The monoisotopic (exact) mass is 285 g/mol. The summed E-state index contributed by atoms with van der Waals surface area (Å²) in [4.78, 5) is 0. The number of nitriles is 1. The molecule has 0 saturated heterocycles. The van der Waals surface area contributed by atoms with Gasteiger partial charge in [0.1, 0.15) is 5.82 Å². The Bertz CT molecular complexity index is 513. The van der Waals surface area contributed by atoms with Crippen molar-refractivity contribution in [2.75, 3.05) is 0 Å². The van der Waals surface area contributed by atoms with Crippen molar-refractivity contribution in [3.8, 4) is 6.07 Å². The summed E-state index contributed by atoms with van der Waals surface area (Å²) < 4.78 is 15.0. The van der Waals surface area contributed by atoms with Crippen LogP contribution in [0.1, 0.15) is 12.5 Å². The van der Waals surface area contributed by atoms with Gasteiger partial charge in [-0.25, -0.2) is 4.39 Å². The van der Waals surface area contributed by atoms with Gasteiger partial charge in [0.05, 0.1) is 9.86 Å². The maximum atomic E-state index is 12.8. The summed E-state index contributed by atoms with van der Waals surface area (Å²) in [5.74, 6) is -0.170. The van der Waals surface area contributed by atoms with E-state index in [0.29, 0.717) is 0 Å². The zero-order chi connectivity index (χ0) is 11.4. The van der Waals surface area contributed by atoms with Gasteiger partial charge in [-0.15, -0.1) is 11.3 Å². The fraction of sp³-hybridized carbons (Fsp3) is 0.182. The molecule has 0 fully saturated rings. The first-order valence-electron chi connectivity index (χ1n) is 4.25. The number of rotatable bonds is 0. The van der Waals surface area contributed by atoms with Crippen molar-refractivity contribution >= 4 is 37.4 Å². The number of fused-ring (bicyclic) bond motifs is 1. The first-order valence-corrected chi connectivity index (χ1v) is 5.86. The van der Waals surface area contributed by atoms with Gasteiger partial charge in [0, 0.05) is 11.6 Å². The average Bonchev–Trinajstić information content (AvgIpc) is 2.46. The Kier molecular flexibility index (Phi) is 4.25. The minimum absolute atomic E-state index is 0.170. The minimum Gasteiger partial charge on any atom is -0.207 e. The van der Waals surface area contributed by atoms with Gasteiger partial charge in [-0.1, -0.05) is 0 Å². The van der Waals surface area contributed by atoms with Crippen molar-refractivity contribution in [1.29, 1.82) is 5.26 Å². The molecule has 0 radical (unpaired) electrons. The van der Waals surface area contributed by atoms with E-state index in [1.165, 1.54) is 13.0 Å². The zero-order valence-electron chi connectivity index (χ0n) is 8.34. The number of hydrogen-bond donors (Lipinski definition) is 0. The smallest absolute Gasteiger partial charge is 0.123 e. The fourth-order valence-electron chi connectivity index (χ4n) is 1.16. The predicted molar refractivity (Wildman–Crippen MR) is 65.5 cm³/mol. The molecule has 1 aromatic heterocycles. The topological polar surface area (TPSA) is 23.8 Å². The minimum atomic E-state index is -0.170. The normalized spacial score (nSPS) is 9.27. The van der Waals surface area contributed by atoms with Crippen LogP contribution in [-0.2, 0) is 0 Å². The second kappa shape index (κ2) is 5.24. The number of nitrogens with zero attached hydrogens (tertiary/aromatic N) is 1. The SMILES string of the molecule is CC#N.Cc1c(Br)sc2ccc(F)cc12. The second-order valence-electron chi connectivity index (χ2n) is 2.86. The van der Waals surface area contributed by atoms with E-state index >= 15 is 0 Å². The number of halogens is 2. The highest BCUT2D eigenvalue weighted by molar-refractivity contribution is 9.11. The van der Waals surface area contributed by atoms with Gasteiger partial charge >= 0.3 is 0 Å². The highest BCUT2D eigenvalue weighted by Crippen LogP contribution is 2.34. The Morgan fingerprint density at radius 2 is 2.07 bits per heavy atom. The van der Waals surface area contributed by atoms with Crippen LogP contribution >= 0.6 is 27.3 Å². The first-order chi connectivity index (χ1) is 7.10. The van der Waals surface area contributed by atoms with Crippen LogP contribution in [-0.4, -0.2) is 0 Å². The molecule has 0 spiro atoms. The maximum absolute atomic E-state index is 12.8. The number of thiophene rings is 1. The molecule has 0 aliphatic carbocycles. The van der Waals surface area contributed by atoms with Crippen LogP contribution in [0, 0.1) is 24.1 Å². The molecule has 0 aliphatic heterocycles. The van der Waals surface area contributed by atoms with Gasteiger partial charge < -0.3 is 0 Å². The van der Waals surface area contributed by atoms with E-state index in [1.54, 1.807) is 23.5 Å². The Labute approximate surface area is 100 Å². The van der Waals surface area contributed by atoms with E-state index in [0.717, 1.165) is 19.4 Å². The molecular formula is C11H9BrFNS. The van der Waals surface area contributed by atoms with E-state index in [4.69, 9.17) is 5.26 Å². The van der Waals surface area contributed by atoms with Gasteiger partial charge in [0.15, 0.2) is 0 Å². The predicted octanol–water partition coefficient (Wildman–Crippen LogP) is 4.64. The van der Waals surface area contributed by atoms with Crippen LogP contribution in [0.25, 0.3) is 10.1 Å². The summed E-state index contributed by atoms with van der Waals surface area (Å²) in [7, 11) is 0. The maximum Gasteiger partial charge on any atom is 0.123 e. The molecule has 78 valence electrons. The first kappa shape index (κ1) is 12.2. The van der Waals surface area contributed by atoms with E-state index in [-0.39, 0.29) is 5.82 Å². The van der Waals surface area contributed by atoms with Crippen molar-refractivity contribution in [3.63, 3.8) is 0 Å². The highest BCUT2D eigenvalue weighted by Gasteiger charge is 2.05.